The number of unbranched alkanes of at least 4 members (excludes halogenated alkanes) is 1. The van der Waals surface area contributed by atoms with Crippen molar-refractivity contribution < 1.29 is 23.7 Å². The van der Waals surface area contributed by atoms with Crippen LogP contribution in [-0.2, 0) is 20.7 Å². The van der Waals surface area contributed by atoms with E-state index in [1.165, 1.54) is 18.4 Å². The highest BCUT2D eigenvalue weighted by atomic mass is 16.6. The lowest BCUT2D eigenvalue weighted by Crippen LogP contribution is -2.44. The van der Waals surface area contributed by atoms with E-state index in [1.807, 2.05) is 6.07 Å². The summed E-state index contributed by atoms with van der Waals surface area (Å²) in [5.74, 6) is 1.76. The zero-order valence-corrected chi connectivity index (χ0v) is 19.2. The first-order valence-electron chi connectivity index (χ1n) is 12.4. The summed E-state index contributed by atoms with van der Waals surface area (Å²) in [6.45, 7) is 6.65. The molecule has 3 aliphatic rings. The molecule has 1 N–H and O–H groups in total. The average Bonchev–Trinajstić information content (AvgIpc) is 3.32. The second kappa shape index (κ2) is 12.4. The quantitative estimate of drug-likeness (QED) is 0.527. The van der Waals surface area contributed by atoms with Gasteiger partial charge in [-0.15, -0.1) is 0 Å². The average molecular weight is 447 g/mol. The molecule has 0 aromatic heterocycles. The predicted octanol–water partition coefficient (Wildman–Crippen LogP) is 2.95. The van der Waals surface area contributed by atoms with Gasteiger partial charge in [0.05, 0.1) is 6.10 Å². The maximum absolute atomic E-state index is 12.7. The van der Waals surface area contributed by atoms with Crippen LogP contribution >= 0.6 is 0 Å². The number of carbonyl (C=O) groups excluding carboxylic acids is 1. The molecular weight excluding hydrogens is 408 g/mol. The Labute approximate surface area is 191 Å². The molecule has 4 rings (SSSR count). The molecule has 1 aromatic rings. The Morgan fingerprint density at radius 1 is 1.06 bits per heavy atom. The Morgan fingerprint density at radius 2 is 1.84 bits per heavy atom. The van der Waals surface area contributed by atoms with Gasteiger partial charge in [0, 0.05) is 38.8 Å². The van der Waals surface area contributed by atoms with Crippen LogP contribution in [0.15, 0.2) is 18.2 Å². The minimum atomic E-state index is 0.0987. The Morgan fingerprint density at radius 3 is 2.66 bits per heavy atom. The number of fused-ring (bicyclic) bond motifs is 1. The molecule has 0 saturated carbocycles. The molecule has 0 bridgehead atoms. The van der Waals surface area contributed by atoms with Crippen LogP contribution in [0.3, 0.4) is 0 Å². The second-order valence-electron chi connectivity index (χ2n) is 9.09. The van der Waals surface area contributed by atoms with E-state index in [2.05, 4.69) is 22.3 Å². The van der Waals surface area contributed by atoms with Crippen LogP contribution in [0, 0.1) is 0 Å². The molecule has 0 radical (unpaired) electrons. The van der Waals surface area contributed by atoms with Gasteiger partial charge in [0.25, 0.3) is 0 Å². The molecule has 1 unspecified atom stereocenters. The fourth-order valence-electron chi connectivity index (χ4n) is 4.72. The van der Waals surface area contributed by atoms with E-state index < -0.39 is 0 Å². The summed E-state index contributed by atoms with van der Waals surface area (Å²) in [5.41, 5.74) is 1.17. The molecule has 32 heavy (non-hydrogen) atoms. The standard InChI is InChI=1S/C25H38N2O5/c28-25(5-1-4-12-30-22-8-13-29-14-9-22)26-21(19-27-10-2-3-11-27)17-20-6-7-23-24(18-20)32-16-15-31-23/h6-7,18,21-22H,1-5,8-17,19H2,(H,26,28). The van der Waals surface area contributed by atoms with Crippen LogP contribution in [0.25, 0.3) is 0 Å². The number of ether oxygens (including phenoxy) is 4. The van der Waals surface area contributed by atoms with E-state index in [0.717, 1.165) is 83.1 Å². The fourth-order valence-corrected chi connectivity index (χ4v) is 4.72. The van der Waals surface area contributed by atoms with E-state index in [0.29, 0.717) is 25.7 Å². The van der Waals surface area contributed by atoms with Crippen molar-refractivity contribution in [2.24, 2.45) is 0 Å². The third-order valence-electron chi connectivity index (χ3n) is 6.45. The van der Waals surface area contributed by atoms with E-state index in [4.69, 9.17) is 18.9 Å². The monoisotopic (exact) mass is 446 g/mol. The lowest BCUT2D eigenvalue weighted by atomic mass is 10.0. The molecule has 3 heterocycles. The van der Waals surface area contributed by atoms with Gasteiger partial charge in [-0.2, -0.15) is 0 Å². The van der Waals surface area contributed by atoms with Gasteiger partial charge in [-0.3, -0.25) is 4.79 Å². The number of hydrogen-bond acceptors (Lipinski definition) is 6. The molecule has 7 heteroatoms. The summed E-state index contributed by atoms with van der Waals surface area (Å²) in [6.07, 6.45) is 7.92. The minimum absolute atomic E-state index is 0.0987. The van der Waals surface area contributed by atoms with Crippen molar-refractivity contribution in [3.05, 3.63) is 23.8 Å². The van der Waals surface area contributed by atoms with Crippen LogP contribution in [0.5, 0.6) is 11.5 Å². The SMILES string of the molecule is O=C(CCCCOC1CCOCC1)NC(Cc1ccc2c(c1)OCCO2)CN1CCCC1. The summed E-state index contributed by atoms with van der Waals surface area (Å²) in [7, 11) is 0. The smallest absolute Gasteiger partial charge is 0.220 e. The number of hydrogen-bond donors (Lipinski definition) is 1. The lowest BCUT2D eigenvalue weighted by molar-refractivity contribution is -0.122. The minimum Gasteiger partial charge on any atom is -0.486 e. The number of amides is 1. The second-order valence-corrected chi connectivity index (χ2v) is 9.09. The van der Waals surface area contributed by atoms with Crippen LogP contribution in [0.1, 0.15) is 50.5 Å². The van der Waals surface area contributed by atoms with E-state index >= 15 is 0 Å². The molecular formula is C25H38N2O5. The molecule has 1 aromatic carbocycles. The van der Waals surface area contributed by atoms with Gasteiger partial charge in [-0.25, -0.2) is 0 Å². The molecule has 1 atom stereocenters. The first kappa shape index (κ1) is 23.3. The van der Waals surface area contributed by atoms with E-state index in [9.17, 15) is 4.79 Å². The fraction of sp³-hybridized carbons (Fsp3) is 0.720. The van der Waals surface area contributed by atoms with Crippen molar-refractivity contribution >= 4 is 5.91 Å². The first-order valence-corrected chi connectivity index (χ1v) is 12.4. The predicted molar refractivity (Wildman–Crippen MR) is 122 cm³/mol. The summed E-state index contributed by atoms with van der Waals surface area (Å²) < 4.78 is 22.7. The number of carbonyl (C=O) groups is 1. The van der Waals surface area contributed by atoms with Crippen molar-refractivity contribution in [1.29, 1.82) is 0 Å². The lowest BCUT2D eigenvalue weighted by Gasteiger charge is -2.25. The number of nitrogens with zero attached hydrogens (tertiary/aromatic N) is 1. The Bertz CT molecular complexity index is 716. The highest BCUT2D eigenvalue weighted by Crippen LogP contribution is 2.31. The van der Waals surface area contributed by atoms with Crippen LogP contribution in [0.4, 0.5) is 0 Å². The summed E-state index contributed by atoms with van der Waals surface area (Å²) in [6, 6.07) is 6.23. The van der Waals surface area contributed by atoms with Crippen molar-refractivity contribution in [2.45, 2.75) is 63.5 Å². The highest BCUT2D eigenvalue weighted by molar-refractivity contribution is 5.76. The normalized spacial score (nSPS) is 20.2. The highest BCUT2D eigenvalue weighted by Gasteiger charge is 2.21. The summed E-state index contributed by atoms with van der Waals surface area (Å²) >= 11 is 0. The van der Waals surface area contributed by atoms with Gasteiger partial charge in [-0.05, 0) is 75.7 Å². The van der Waals surface area contributed by atoms with Crippen molar-refractivity contribution in [1.82, 2.24) is 10.2 Å². The molecule has 0 aliphatic carbocycles. The molecule has 2 saturated heterocycles. The van der Waals surface area contributed by atoms with Gasteiger partial charge in [0.2, 0.25) is 5.91 Å². The van der Waals surface area contributed by atoms with Crippen molar-refractivity contribution in [3.8, 4) is 11.5 Å². The maximum atomic E-state index is 12.7. The molecule has 2 fully saturated rings. The van der Waals surface area contributed by atoms with E-state index in [-0.39, 0.29) is 11.9 Å². The number of rotatable bonds is 11. The Kier molecular flexibility index (Phi) is 9.06. The third kappa shape index (κ3) is 7.36. The summed E-state index contributed by atoms with van der Waals surface area (Å²) in [5, 5.41) is 3.30. The van der Waals surface area contributed by atoms with Crippen molar-refractivity contribution in [3.63, 3.8) is 0 Å². The van der Waals surface area contributed by atoms with Crippen LogP contribution < -0.4 is 14.8 Å². The van der Waals surface area contributed by atoms with Gasteiger partial charge in [-0.1, -0.05) is 6.07 Å². The first-order chi connectivity index (χ1) is 15.8. The Hall–Kier alpha value is -1.83. The molecule has 3 aliphatic heterocycles. The summed E-state index contributed by atoms with van der Waals surface area (Å²) in [4.78, 5) is 15.1. The molecule has 1 amide bonds. The number of nitrogens with one attached hydrogen (secondary N) is 1. The topological polar surface area (TPSA) is 69.3 Å². The zero-order chi connectivity index (χ0) is 22.0. The Balaban J connectivity index is 1.23. The number of benzene rings is 1. The molecule has 178 valence electrons. The zero-order valence-electron chi connectivity index (χ0n) is 19.2. The van der Waals surface area contributed by atoms with Crippen molar-refractivity contribution in [2.75, 3.05) is 52.7 Å². The van der Waals surface area contributed by atoms with Gasteiger partial charge in [0.1, 0.15) is 13.2 Å². The molecule has 0 spiro atoms. The largest absolute Gasteiger partial charge is 0.486 e. The van der Waals surface area contributed by atoms with Gasteiger partial charge in [0.15, 0.2) is 11.5 Å². The van der Waals surface area contributed by atoms with Crippen LogP contribution in [0.2, 0.25) is 0 Å². The van der Waals surface area contributed by atoms with Crippen LogP contribution in [-0.4, -0.2) is 75.6 Å². The van der Waals surface area contributed by atoms with E-state index in [1.54, 1.807) is 0 Å². The third-order valence-corrected chi connectivity index (χ3v) is 6.45. The van der Waals surface area contributed by atoms with Gasteiger partial charge >= 0.3 is 0 Å². The number of likely N-dealkylation sites (tertiary alicyclic amines) is 1. The maximum Gasteiger partial charge on any atom is 0.220 e. The van der Waals surface area contributed by atoms with Gasteiger partial charge < -0.3 is 29.2 Å². The molecule has 7 nitrogen and oxygen atoms in total.